The summed E-state index contributed by atoms with van der Waals surface area (Å²) in [6, 6.07) is 0.393. The van der Waals surface area contributed by atoms with Crippen LogP contribution < -0.4 is 11.1 Å². The van der Waals surface area contributed by atoms with Crippen LogP contribution in [-0.4, -0.2) is 36.6 Å². The summed E-state index contributed by atoms with van der Waals surface area (Å²) in [5.41, 5.74) is 5.50. The van der Waals surface area contributed by atoms with Crippen LogP contribution >= 0.6 is 0 Å². The number of nitrogens with zero attached hydrogens (tertiary/aromatic N) is 1. The van der Waals surface area contributed by atoms with Crippen LogP contribution in [0.25, 0.3) is 0 Å². The number of hydrogen-bond donors (Lipinski definition) is 2. The monoisotopic (exact) mass is 185 g/mol. The highest BCUT2D eigenvalue weighted by Gasteiger charge is 2.27. The highest BCUT2D eigenvalue weighted by atomic mass is 16.2. The van der Waals surface area contributed by atoms with Crippen LogP contribution in [0.5, 0.6) is 0 Å². The van der Waals surface area contributed by atoms with Gasteiger partial charge in [0.05, 0.1) is 0 Å². The molecule has 13 heavy (non-hydrogen) atoms. The predicted octanol–water partition coefficient (Wildman–Crippen LogP) is 0.385. The second-order valence-electron chi connectivity index (χ2n) is 3.80. The van der Waals surface area contributed by atoms with Gasteiger partial charge >= 0.3 is 6.03 Å². The lowest BCUT2D eigenvalue weighted by molar-refractivity contribution is 0.211. The van der Waals surface area contributed by atoms with Crippen molar-refractivity contribution in [1.82, 2.24) is 10.2 Å². The highest BCUT2D eigenvalue weighted by Crippen LogP contribution is 2.08. The maximum atomic E-state index is 11.4. The summed E-state index contributed by atoms with van der Waals surface area (Å²) in [7, 11) is 0. The van der Waals surface area contributed by atoms with Crippen molar-refractivity contribution in [1.29, 1.82) is 0 Å². The second-order valence-corrected chi connectivity index (χ2v) is 3.80. The standard InChI is InChI=1S/C9H19N3O/c1-3-8-6-12(9(13)11-8)5-7(2)4-10/h7-8H,3-6,10H2,1-2H3,(H,11,13). The first-order valence-electron chi connectivity index (χ1n) is 4.92. The van der Waals surface area contributed by atoms with Gasteiger partial charge in [-0.2, -0.15) is 0 Å². The van der Waals surface area contributed by atoms with Crippen molar-refractivity contribution in [3.05, 3.63) is 0 Å². The molecule has 0 aliphatic carbocycles. The molecule has 1 rings (SSSR count). The molecule has 1 aliphatic rings. The fourth-order valence-electron chi connectivity index (χ4n) is 1.50. The quantitative estimate of drug-likeness (QED) is 0.665. The molecule has 0 saturated carbocycles. The van der Waals surface area contributed by atoms with Gasteiger partial charge in [0.25, 0.3) is 0 Å². The molecular weight excluding hydrogens is 166 g/mol. The summed E-state index contributed by atoms with van der Waals surface area (Å²) in [5, 5.41) is 2.93. The van der Waals surface area contributed by atoms with Gasteiger partial charge in [-0.1, -0.05) is 13.8 Å². The van der Waals surface area contributed by atoms with Crippen LogP contribution in [0.15, 0.2) is 0 Å². The molecule has 0 aromatic heterocycles. The molecule has 3 N–H and O–H groups in total. The van der Waals surface area contributed by atoms with E-state index < -0.39 is 0 Å². The van der Waals surface area contributed by atoms with Gasteiger partial charge in [-0.15, -0.1) is 0 Å². The number of carbonyl (C=O) groups excluding carboxylic acids is 1. The Morgan fingerprint density at radius 1 is 1.77 bits per heavy atom. The third-order valence-electron chi connectivity index (χ3n) is 2.48. The van der Waals surface area contributed by atoms with E-state index in [9.17, 15) is 4.79 Å². The van der Waals surface area contributed by atoms with Crippen LogP contribution in [0.3, 0.4) is 0 Å². The number of hydrogen-bond acceptors (Lipinski definition) is 2. The summed E-state index contributed by atoms with van der Waals surface area (Å²) in [6.07, 6.45) is 0.999. The number of nitrogens with one attached hydrogen (secondary N) is 1. The minimum absolute atomic E-state index is 0.0622. The lowest BCUT2D eigenvalue weighted by atomic mass is 10.1. The van der Waals surface area contributed by atoms with Gasteiger partial charge < -0.3 is 16.0 Å². The zero-order chi connectivity index (χ0) is 9.84. The zero-order valence-corrected chi connectivity index (χ0v) is 8.42. The Balaban J connectivity index is 2.39. The van der Waals surface area contributed by atoms with Crippen molar-refractivity contribution in [2.45, 2.75) is 26.3 Å². The summed E-state index contributed by atoms with van der Waals surface area (Å²) < 4.78 is 0. The number of nitrogens with two attached hydrogens (primary N) is 1. The molecule has 2 amide bonds. The number of amides is 2. The molecule has 0 aromatic rings. The Labute approximate surface area is 79.5 Å². The molecule has 1 aliphatic heterocycles. The van der Waals surface area contributed by atoms with Crippen molar-refractivity contribution in [3.8, 4) is 0 Å². The fraction of sp³-hybridized carbons (Fsp3) is 0.889. The van der Waals surface area contributed by atoms with Gasteiger partial charge in [-0.05, 0) is 18.9 Å². The Morgan fingerprint density at radius 2 is 2.46 bits per heavy atom. The molecule has 1 fully saturated rings. The van der Waals surface area contributed by atoms with Crippen molar-refractivity contribution >= 4 is 6.03 Å². The minimum Gasteiger partial charge on any atom is -0.333 e. The van der Waals surface area contributed by atoms with E-state index in [0.717, 1.165) is 19.5 Å². The first kappa shape index (κ1) is 10.3. The van der Waals surface area contributed by atoms with E-state index in [1.165, 1.54) is 0 Å². The third kappa shape index (κ3) is 2.59. The lowest BCUT2D eigenvalue weighted by Crippen LogP contribution is -2.34. The molecule has 4 nitrogen and oxygen atoms in total. The topological polar surface area (TPSA) is 58.4 Å². The van der Waals surface area contributed by atoms with Crippen molar-refractivity contribution < 1.29 is 4.79 Å². The SMILES string of the molecule is CCC1CN(CC(C)CN)C(=O)N1. The largest absolute Gasteiger partial charge is 0.333 e. The maximum Gasteiger partial charge on any atom is 0.317 e. The van der Waals surface area contributed by atoms with Crippen LogP contribution in [-0.2, 0) is 0 Å². The van der Waals surface area contributed by atoms with E-state index >= 15 is 0 Å². The summed E-state index contributed by atoms with van der Waals surface area (Å²) >= 11 is 0. The molecule has 76 valence electrons. The van der Waals surface area contributed by atoms with E-state index in [1.54, 1.807) is 0 Å². The van der Waals surface area contributed by atoms with Gasteiger partial charge in [0.15, 0.2) is 0 Å². The molecular formula is C9H19N3O. The Bertz CT molecular complexity index is 184. The van der Waals surface area contributed by atoms with Gasteiger partial charge in [0, 0.05) is 19.1 Å². The van der Waals surface area contributed by atoms with Crippen molar-refractivity contribution in [3.63, 3.8) is 0 Å². The molecule has 4 heteroatoms. The Morgan fingerprint density at radius 3 is 2.92 bits per heavy atom. The maximum absolute atomic E-state index is 11.4. The van der Waals surface area contributed by atoms with Gasteiger partial charge in [0.1, 0.15) is 0 Å². The minimum atomic E-state index is 0.0622. The van der Waals surface area contributed by atoms with Gasteiger partial charge in [0.2, 0.25) is 0 Å². The average molecular weight is 185 g/mol. The lowest BCUT2D eigenvalue weighted by Gasteiger charge is -2.18. The van der Waals surface area contributed by atoms with Crippen LogP contribution in [0.1, 0.15) is 20.3 Å². The molecule has 0 radical (unpaired) electrons. The molecule has 1 heterocycles. The van der Waals surface area contributed by atoms with E-state index in [-0.39, 0.29) is 6.03 Å². The van der Waals surface area contributed by atoms with Gasteiger partial charge in [-0.25, -0.2) is 4.79 Å². The van der Waals surface area contributed by atoms with E-state index in [1.807, 2.05) is 4.90 Å². The van der Waals surface area contributed by atoms with Crippen molar-refractivity contribution in [2.75, 3.05) is 19.6 Å². The molecule has 0 bridgehead atoms. The molecule has 0 spiro atoms. The molecule has 0 aromatic carbocycles. The van der Waals surface area contributed by atoms with Gasteiger partial charge in [-0.3, -0.25) is 0 Å². The molecule has 2 atom stereocenters. The van der Waals surface area contributed by atoms with E-state index in [0.29, 0.717) is 18.5 Å². The summed E-state index contributed by atoms with van der Waals surface area (Å²) in [4.78, 5) is 13.2. The Kier molecular flexibility index (Phi) is 3.54. The van der Waals surface area contributed by atoms with Crippen LogP contribution in [0.2, 0.25) is 0 Å². The Hall–Kier alpha value is -0.770. The number of rotatable bonds is 4. The number of carbonyl (C=O) groups is 1. The highest BCUT2D eigenvalue weighted by molar-refractivity contribution is 5.76. The first-order chi connectivity index (χ1) is 6.17. The zero-order valence-electron chi connectivity index (χ0n) is 8.42. The smallest absolute Gasteiger partial charge is 0.317 e. The van der Waals surface area contributed by atoms with Crippen LogP contribution in [0, 0.1) is 5.92 Å². The van der Waals surface area contributed by atoms with Crippen molar-refractivity contribution in [2.24, 2.45) is 11.7 Å². The predicted molar refractivity (Wildman–Crippen MR) is 52.4 cm³/mol. The second kappa shape index (κ2) is 4.46. The van der Waals surface area contributed by atoms with E-state index in [2.05, 4.69) is 19.2 Å². The average Bonchev–Trinajstić information content (AvgIpc) is 2.47. The molecule has 1 saturated heterocycles. The van der Waals surface area contributed by atoms with E-state index in [4.69, 9.17) is 5.73 Å². The first-order valence-corrected chi connectivity index (χ1v) is 4.92. The normalized spacial score (nSPS) is 24.7. The third-order valence-corrected chi connectivity index (χ3v) is 2.48. The summed E-state index contributed by atoms with van der Waals surface area (Å²) in [5.74, 6) is 0.390. The molecule has 2 unspecified atom stereocenters. The fourth-order valence-corrected chi connectivity index (χ4v) is 1.50. The summed E-state index contributed by atoms with van der Waals surface area (Å²) in [6.45, 7) is 6.40. The van der Waals surface area contributed by atoms with Crippen LogP contribution in [0.4, 0.5) is 4.79 Å². The number of urea groups is 1.